The molecule has 2 amide bonds. The fourth-order valence-electron chi connectivity index (χ4n) is 1.89. The van der Waals surface area contributed by atoms with Crippen LogP contribution in [0.1, 0.15) is 12.5 Å². The molecule has 0 radical (unpaired) electrons. The summed E-state index contributed by atoms with van der Waals surface area (Å²) in [6.07, 6.45) is 0. The van der Waals surface area contributed by atoms with Gasteiger partial charge in [-0.2, -0.15) is 0 Å². The van der Waals surface area contributed by atoms with Crippen LogP contribution in [0.25, 0.3) is 5.32 Å². The molecule has 2 aromatic rings. The standard InChI is InChI=1S/C17H18N2O3.K/c1-3-22-15-10-5-4-9-14(15)19-17(21)16(20)18-13-8-6-7-12(2)11-13;/h4-11H,3H2,1-2H3,(H2,18,19,20,21);/q;+1/p-1. The van der Waals surface area contributed by atoms with Gasteiger partial charge in [0.05, 0.1) is 12.3 Å². The minimum absolute atomic E-state index is 0. The second-order valence-electron chi connectivity index (χ2n) is 4.64. The van der Waals surface area contributed by atoms with Crippen LogP contribution in [0, 0.1) is 6.92 Å². The third kappa shape index (κ3) is 6.08. The maximum absolute atomic E-state index is 11.9. The van der Waals surface area contributed by atoms with Gasteiger partial charge in [-0.05, 0) is 26.0 Å². The molecule has 2 rings (SSSR count). The Morgan fingerprint density at radius 1 is 1.13 bits per heavy atom. The number of para-hydroxylation sites is 2. The van der Waals surface area contributed by atoms with Crippen LogP contribution < -0.4 is 61.4 Å². The normalized spacial score (nSPS) is 9.48. The van der Waals surface area contributed by atoms with E-state index in [4.69, 9.17) is 4.74 Å². The van der Waals surface area contributed by atoms with Gasteiger partial charge in [0.2, 0.25) is 0 Å². The zero-order valence-electron chi connectivity index (χ0n) is 13.5. The van der Waals surface area contributed by atoms with Gasteiger partial charge >= 0.3 is 51.4 Å². The van der Waals surface area contributed by atoms with Crippen LogP contribution >= 0.6 is 0 Å². The zero-order chi connectivity index (χ0) is 15.9. The summed E-state index contributed by atoms with van der Waals surface area (Å²) in [6, 6.07) is 14.0. The average Bonchev–Trinajstić information content (AvgIpc) is 2.49. The van der Waals surface area contributed by atoms with E-state index in [1.807, 2.05) is 19.9 Å². The molecule has 0 bridgehead atoms. The number of carbonyl (C=O) groups is 2. The molecule has 114 valence electrons. The molecule has 0 heterocycles. The molecule has 0 spiro atoms. The van der Waals surface area contributed by atoms with Crippen molar-refractivity contribution in [2.75, 3.05) is 11.9 Å². The number of hydrogen-bond acceptors (Lipinski definition) is 3. The maximum Gasteiger partial charge on any atom is 1.00 e. The van der Waals surface area contributed by atoms with E-state index in [2.05, 4.69) is 10.6 Å². The number of ether oxygens (including phenoxy) is 1. The van der Waals surface area contributed by atoms with E-state index in [0.29, 0.717) is 23.7 Å². The van der Waals surface area contributed by atoms with E-state index in [0.717, 1.165) is 5.56 Å². The maximum atomic E-state index is 11.9. The van der Waals surface area contributed by atoms with Crippen molar-refractivity contribution in [2.45, 2.75) is 13.8 Å². The molecule has 0 atom stereocenters. The summed E-state index contributed by atoms with van der Waals surface area (Å²) in [6.45, 7) is 4.20. The minimum Gasteiger partial charge on any atom is -0.618 e. The van der Waals surface area contributed by atoms with Crippen molar-refractivity contribution in [1.29, 1.82) is 0 Å². The number of hydrogen-bond donors (Lipinski definition) is 1. The number of nitrogens with zero attached hydrogens (tertiary/aromatic N) is 1. The Labute approximate surface area is 178 Å². The molecule has 23 heavy (non-hydrogen) atoms. The molecule has 1 N–H and O–H groups in total. The molecule has 0 aliphatic rings. The minimum atomic E-state index is -0.850. The van der Waals surface area contributed by atoms with E-state index >= 15 is 0 Å². The summed E-state index contributed by atoms with van der Waals surface area (Å²) < 4.78 is 5.39. The summed E-state index contributed by atoms with van der Waals surface area (Å²) in [5.74, 6) is -1.13. The number of aryl methyl sites for hydroxylation is 1. The largest absolute Gasteiger partial charge is 1.00 e. The Morgan fingerprint density at radius 2 is 1.87 bits per heavy atom. The van der Waals surface area contributed by atoms with Gasteiger partial charge in [0.1, 0.15) is 11.7 Å². The van der Waals surface area contributed by atoms with Crippen LogP contribution in [-0.2, 0) is 9.59 Å². The smallest absolute Gasteiger partial charge is 0.618 e. The fourth-order valence-corrected chi connectivity index (χ4v) is 1.89. The van der Waals surface area contributed by atoms with Crippen LogP contribution in [-0.4, -0.2) is 18.4 Å². The van der Waals surface area contributed by atoms with E-state index in [9.17, 15) is 9.59 Å². The van der Waals surface area contributed by atoms with Gasteiger partial charge in [0, 0.05) is 0 Å². The van der Waals surface area contributed by atoms with Crippen LogP contribution in [0.3, 0.4) is 0 Å². The number of nitrogens with one attached hydrogen (secondary N) is 1. The van der Waals surface area contributed by atoms with Crippen molar-refractivity contribution in [3.05, 3.63) is 59.4 Å². The number of benzene rings is 2. The second kappa shape index (κ2) is 9.84. The first-order valence-corrected chi connectivity index (χ1v) is 6.95. The Bertz CT molecular complexity index is 689. The van der Waals surface area contributed by atoms with E-state index < -0.39 is 11.8 Å². The summed E-state index contributed by atoms with van der Waals surface area (Å²) >= 11 is 0. The fraction of sp³-hybridized carbons (Fsp3) is 0.176. The van der Waals surface area contributed by atoms with E-state index in [-0.39, 0.29) is 51.4 Å². The van der Waals surface area contributed by atoms with Crippen molar-refractivity contribution in [3.63, 3.8) is 0 Å². The van der Waals surface area contributed by atoms with Gasteiger partial charge < -0.3 is 20.2 Å². The molecule has 0 saturated carbocycles. The Kier molecular flexibility index (Phi) is 8.50. The first-order chi connectivity index (χ1) is 10.6. The first-order valence-electron chi connectivity index (χ1n) is 6.95. The van der Waals surface area contributed by atoms with Gasteiger partial charge in [0.15, 0.2) is 0 Å². The molecule has 0 aromatic heterocycles. The molecule has 5 nitrogen and oxygen atoms in total. The molecule has 0 fully saturated rings. The SMILES string of the molecule is CCOc1ccccc1NC(=O)C(=O)[N-]c1cccc(C)c1.[K+]. The summed E-state index contributed by atoms with van der Waals surface area (Å²) in [4.78, 5) is 23.8. The zero-order valence-corrected chi connectivity index (χ0v) is 16.6. The topological polar surface area (TPSA) is 69.5 Å². The van der Waals surface area contributed by atoms with Crippen molar-refractivity contribution in [2.24, 2.45) is 0 Å². The van der Waals surface area contributed by atoms with Crippen molar-refractivity contribution < 1.29 is 65.7 Å². The third-order valence-corrected chi connectivity index (χ3v) is 2.86. The number of anilines is 1. The van der Waals surface area contributed by atoms with E-state index in [1.54, 1.807) is 42.5 Å². The van der Waals surface area contributed by atoms with Gasteiger partial charge in [-0.25, -0.2) is 0 Å². The van der Waals surface area contributed by atoms with Gasteiger partial charge in [-0.3, -0.25) is 4.79 Å². The quantitative estimate of drug-likeness (QED) is 0.655. The summed E-state index contributed by atoms with van der Waals surface area (Å²) in [7, 11) is 0. The summed E-state index contributed by atoms with van der Waals surface area (Å²) in [5.41, 5.74) is 1.87. The van der Waals surface area contributed by atoms with Gasteiger partial charge in [-0.1, -0.05) is 42.0 Å². The Hall–Kier alpha value is -1.18. The summed E-state index contributed by atoms with van der Waals surface area (Å²) in [5, 5.41) is 6.32. The number of carbonyl (C=O) groups excluding carboxylic acids is 2. The van der Waals surface area contributed by atoms with Crippen molar-refractivity contribution >= 4 is 23.2 Å². The monoisotopic (exact) mass is 336 g/mol. The van der Waals surface area contributed by atoms with Crippen LogP contribution in [0.15, 0.2) is 48.5 Å². The van der Waals surface area contributed by atoms with Crippen molar-refractivity contribution in [3.8, 4) is 5.75 Å². The van der Waals surface area contributed by atoms with E-state index in [1.165, 1.54) is 0 Å². The Balaban J connectivity index is 0.00000264. The molecule has 2 aromatic carbocycles. The second-order valence-corrected chi connectivity index (χ2v) is 4.64. The molecule has 0 aliphatic carbocycles. The Morgan fingerprint density at radius 3 is 2.57 bits per heavy atom. The molecule has 0 saturated heterocycles. The van der Waals surface area contributed by atoms with Gasteiger partial charge in [0.25, 0.3) is 5.91 Å². The number of amides is 2. The van der Waals surface area contributed by atoms with Gasteiger partial charge in [-0.15, -0.1) is 5.69 Å². The predicted octanol–water partition coefficient (Wildman–Crippen LogP) is 0.568. The predicted molar refractivity (Wildman–Crippen MR) is 85.4 cm³/mol. The average molecular weight is 336 g/mol. The molecular formula is C17H17KN2O3. The number of rotatable bonds is 4. The van der Waals surface area contributed by atoms with Crippen LogP contribution in [0.5, 0.6) is 5.75 Å². The van der Waals surface area contributed by atoms with Crippen molar-refractivity contribution in [1.82, 2.24) is 0 Å². The third-order valence-electron chi connectivity index (χ3n) is 2.86. The molecule has 6 heteroatoms. The first kappa shape index (κ1) is 19.9. The molecule has 0 aliphatic heterocycles. The van der Waals surface area contributed by atoms with Crippen LogP contribution in [0.4, 0.5) is 11.4 Å². The molecular weight excluding hydrogens is 319 g/mol. The molecule has 0 unspecified atom stereocenters. The van der Waals surface area contributed by atoms with Crippen LogP contribution in [0.2, 0.25) is 0 Å².